The molecule has 98 valence electrons. The van der Waals surface area contributed by atoms with Gasteiger partial charge in [0.1, 0.15) is 12.0 Å². The summed E-state index contributed by atoms with van der Waals surface area (Å²) in [5, 5.41) is 6.36. The second-order valence-electron chi connectivity index (χ2n) is 3.79. The van der Waals surface area contributed by atoms with E-state index in [0.717, 1.165) is 5.56 Å². The summed E-state index contributed by atoms with van der Waals surface area (Å²) in [5.41, 5.74) is 1.04. The minimum absolute atomic E-state index is 0.121. The van der Waals surface area contributed by atoms with E-state index in [1.54, 1.807) is 12.1 Å². The molecule has 1 aromatic carbocycles. The van der Waals surface area contributed by atoms with Crippen molar-refractivity contribution < 1.29 is 14.0 Å². The van der Waals surface area contributed by atoms with Crippen molar-refractivity contribution in [3.8, 4) is 0 Å². The van der Waals surface area contributed by atoms with Crippen LogP contribution < -0.4 is 5.32 Å². The lowest BCUT2D eigenvalue weighted by molar-refractivity contribution is -0.125. The van der Waals surface area contributed by atoms with Gasteiger partial charge in [-0.2, -0.15) is 0 Å². The van der Waals surface area contributed by atoms with E-state index in [-0.39, 0.29) is 12.5 Å². The summed E-state index contributed by atoms with van der Waals surface area (Å²) in [7, 11) is 0. The molecule has 1 heterocycles. The predicted molar refractivity (Wildman–Crippen MR) is 70.5 cm³/mol. The van der Waals surface area contributed by atoms with Crippen molar-refractivity contribution in [3.63, 3.8) is 0 Å². The third-order valence-corrected chi connectivity index (χ3v) is 2.33. The molecule has 0 unspecified atom stereocenters. The zero-order chi connectivity index (χ0) is 13.3. The minimum atomic E-state index is -0.222. The zero-order valence-electron chi connectivity index (χ0n) is 10.3. The van der Waals surface area contributed by atoms with Crippen molar-refractivity contribution in [1.29, 1.82) is 0 Å². The van der Waals surface area contributed by atoms with Crippen LogP contribution in [0.1, 0.15) is 11.3 Å². The maximum Gasteiger partial charge on any atom is 0.261 e. The molecule has 0 spiro atoms. The molecule has 0 aliphatic rings. The predicted octanol–water partition coefficient (Wildman–Crippen LogP) is 1.95. The highest BCUT2D eigenvalue weighted by atomic mass is 16.6. The van der Waals surface area contributed by atoms with Gasteiger partial charge in [-0.25, -0.2) is 0 Å². The number of carbonyl (C=O) groups excluding carboxylic acids is 1. The lowest BCUT2D eigenvalue weighted by atomic mass is 10.2. The number of hydrogen-bond acceptors (Lipinski definition) is 4. The molecule has 0 saturated heterocycles. The minimum Gasteiger partial charge on any atom is -0.463 e. The molecule has 0 fully saturated rings. The molecule has 5 heteroatoms. The Hall–Kier alpha value is -2.56. The summed E-state index contributed by atoms with van der Waals surface area (Å²) in [6, 6.07) is 13.1. The van der Waals surface area contributed by atoms with Crippen LogP contribution in [0.2, 0.25) is 0 Å². The van der Waals surface area contributed by atoms with E-state index in [0.29, 0.717) is 12.3 Å². The molecule has 0 bridgehead atoms. The van der Waals surface area contributed by atoms with Crippen molar-refractivity contribution >= 4 is 12.1 Å². The van der Waals surface area contributed by atoms with Crippen molar-refractivity contribution in [2.45, 2.75) is 6.54 Å². The molecule has 0 atom stereocenters. The number of oxime groups is 1. The Balaban J connectivity index is 1.65. The van der Waals surface area contributed by atoms with Gasteiger partial charge in [-0.15, -0.1) is 0 Å². The fraction of sp³-hybridized carbons (Fsp3) is 0.143. The van der Waals surface area contributed by atoms with Crippen LogP contribution in [0.5, 0.6) is 0 Å². The summed E-state index contributed by atoms with van der Waals surface area (Å²) in [4.78, 5) is 16.3. The van der Waals surface area contributed by atoms with Crippen LogP contribution in [-0.4, -0.2) is 18.7 Å². The van der Waals surface area contributed by atoms with Crippen molar-refractivity contribution in [3.05, 3.63) is 60.1 Å². The molecule has 2 aromatic rings. The van der Waals surface area contributed by atoms with Gasteiger partial charge in [0.2, 0.25) is 0 Å². The molecule has 5 nitrogen and oxygen atoms in total. The van der Waals surface area contributed by atoms with Gasteiger partial charge in [0.15, 0.2) is 6.61 Å². The first kappa shape index (κ1) is 12.9. The van der Waals surface area contributed by atoms with Gasteiger partial charge in [0.05, 0.1) is 6.26 Å². The van der Waals surface area contributed by atoms with E-state index in [9.17, 15) is 4.79 Å². The quantitative estimate of drug-likeness (QED) is 0.636. The van der Waals surface area contributed by atoms with Crippen molar-refractivity contribution in [1.82, 2.24) is 5.32 Å². The number of benzene rings is 1. The fourth-order valence-corrected chi connectivity index (χ4v) is 1.40. The number of amides is 1. The average Bonchev–Trinajstić information content (AvgIpc) is 2.96. The second kappa shape index (κ2) is 7.00. The molecular weight excluding hydrogens is 244 g/mol. The number of hydrogen-bond donors (Lipinski definition) is 1. The molecule has 0 radical (unpaired) electrons. The van der Waals surface area contributed by atoms with Gasteiger partial charge in [-0.05, 0) is 17.7 Å². The number of rotatable bonds is 6. The van der Waals surface area contributed by atoms with E-state index in [4.69, 9.17) is 9.25 Å². The number of furan rings is 1. The Labute approximate surface area is 110 Å². The molecule has 1 amide bonds. The van der Waals surface area contributed by atoms with E-state index in [1.807, 2.05) is 30.3 Å². The van der Waals surface area contributed by atoms with Crippen molar-refractivity contribution in [2.75, 3.05) is 6.61 Å². The summed E-state index contributed by atoms with van der Waals surface area (Å²) in [5.74, 6) is 0.352. The zero-order valence-corrected chi connectivity index (χ0v) is 10.3. The summed E-state index contributed by atoms with van der Waals surface area (Å²) < 4.78 is 5.02. The van der Waals surface area contributed by atoms with Crippen molar-refractivity contribution in [2.24, 2.45) is 5.16 Å². The van der Waals surface area contributed by atoms with Crippen LogP contribution in [0.15, 0.2) is 58.3 Å². The lowest BCUT2D eigenvalue weighted by Gasteiger charge is -2.03. The highest BCUT2D eigenvalue weighted by Gasteiger charge is 2.00. The average molecular weight is 258 g/mol. The molecule has 19 heavy (non-hydrogen) atoms. The van der Waals surface area contributed by atoms with Crippen LogP contribution in [0.3, 0.4) is 0 Å². The van der Waals surface area contributed by atoms with Crippen LogP contribution in [0.4, 0.5) is 0 Å². The second-order valence-corrected chi connectivity index (χ2v) is 3.79. The summed E-state index contributed by atoms with van der Waals surface area (Å²) in [6.07, 6.45) is 2.94. The highest BCUT2D eigenvalue weighted by molar-refractivity contribution is 5.77. The fourth-order valence-electron chi connectivity index (χ4n) is 1.40. The van der Waals surface area contributed by atoms with Crippen LogP contribution in [0, 0.1) is 0 Å². The summed E-state index contributed by atoms with van der Waals surface area (Å²) >= 11 is 0. The third kappa shape index (κ3) is 4.67. The topological polar surface area (TPSA) is 63.8 Å². The maximum atomic E-state index is 11.4. The molecule has 1 aromatic heterocycles. The first-order valence-electron chi connectivity index (χ1n) is 5.84. The van der Waals surface area contributed by atoms with Gasteiger partial charge in [-0.3, -0.25) is 4.79 Å². The van der Waals surface area contributed by atoms with Gasteiger partial charge >= 0.3 is 0 Å². The molecule has 2 rings (SSSR count). The molecule has 1 N–H and O–H groups in total. The Morgan fingerprint density at radius 1 is 1.26 bits per heavy atom. The highest BCUT2D eigenvalue weighted by Crippen LogP contribution is 1.97. The Morgan fingerprint density at radius 2 is 2.11 bits per heavy atom. The van der Waals surface area contributed by atoms with E-state index < -0.39 is 0 Å². The normalized spacial score (nSPS) is 10.5. The van der Waals surface area contributed by atoms with Crippen LogP contribution in [-0.2, 0) is 16.2 Å². The number of carbonyl (C=O) groups is 1. The largest absolute Gasteiger partial charge is 0.463 e. The van der Waals surface area contributed by atoms with Gasteiger partial charge in [-0.1, -0.05) is 35.5 Å². The number of nitrogens with zero attached hydrogens (tertiary/aromatic N) is 1. The maximum absolute atomic E-state index is 11.4. The van der Waals surface area contributed by atoms with Crippen LogP contribution >= 0.6 is 0 Å². The van der Waals surface area contributed by atoms with E-state index in [2.05, 4.69) is 10.5 Å². The molecule has 0 aliphatic carbocycles. The van der Waals surface area contributed by atoms with Gasteiger partial charge in [0, 0.05) is 6.54 Å². The Morgan fingerprint density at radius 3 is 2.84 bits per heavy atom. The van der Waals surface area contributed by atoms with Crippen LogP contribution in [0.25, 0.3) is 0 Å². The standard InChI is InChI=1S/C14H14N2O3/c17-14(15-9-12-5-2-1-3-6-12)11-19-16-10-13-7-4-8-18-13/h1-8,10H,9,11H2,(H,15,17)/b16-10+. The smallest absolute Gasteiger partial charge is 0.261 e. The monoisotopic (exact) mass is 258 g/mol. The van der Waals surface area contributed by atoms with E-state index in [1.165, 1.54) is 12.5 Å². The Kier molecular flexibility index (Phi) is 4.75. The SMILES string of the molecule is O=C(CO/N=C/c1ccco1)NCc1ccccc1. The first-order valence-corrected chi connectivity index (χ1v) is 5.84. The van der Waals surface area contributed by atoms with E-state index >= 15 is 0 Å². The molecule has 0 saturated carbocycles. The first-order chi connectivity index (χ1) is 9.34. The van der Waals surface area contributed by atoms with Gasteiger partial charge in [0.25, 0.3) is 5.91 Å². The molecule has 0 aliphatic heterocycles. The third-order valence-electron chi connectivity index (χ3n) is 2.33. The number of nitrogens with one attached hydrogen (secondary N) is 1. The van der Waals surface area contributed by atoms with Gasteiger partial charge < -0.3 is 14.6 Å². The lowest BCUT2D eigenvalue weighted by Crippen LogP contribution is -2.26. The Bertz CT molecular complexity index is 521. The molecular formula is C14H14N2O3. The summed E-state index contributed by atoms with van der Waals surface area (Å²) in [6.45, 7) is 0.356.